The Balaban J connectivity index is 3.78. The van der Waals surface area contributed by atoms with Crippen LogP contribution in [0.15, 0.2) is 0 Å². The third-order valence-corrected chi connectivity index (χ3v) is 1.10. The van der Waals surface area contributed by atoms with E-state index in [9.17, 15) is 18.0 Å². The Kier molecular flexibility index (Phi) is 3.71. The molecule has 78 valence electrons. The Labute approximate surface area is 74.5 Å². The first-order chi connectivity index (χ1) is 5.60. The van der Waals surface area contributed by atoms with Crippen LogP contribution in [-0.4, -0.2) is 24.2 Å². The summed E-state index contributed by atoms with van der Waals surface area (Å²) in [6.45, 7) is 3.25. The standard InChI is InChI=1S/C7H13F3N2O/c1-6(2,11)4-12-5(13)3-7(8,9)10/h3-4,11H2,1-2H3,(H,12,13). The van der Waals surface area contributed by atoms with Crippen molar-refractivity contribution in [1.29, 1.82) is 0 Å². The van der Waals surface area contributed by atoms with Crippen LogP contribution in [0, 0.1) is 0 Å². The lowest BCUT2D eigenvalue weighted by atomic mass is 10.1. The second-order valence-electron chi connectivity index (χ2n) is 3.56. The van der Waals surface area contributed by atoms with E-state index in [0.29, 0.717) is 0 Å². The number of amides is 1. The van der Waals surface area contributed by atoms with Gasteiger partial charge in [-0.3, -0.25) is 4.79 Å². The van der Waals surface area contributed by atoms with Gasteiger partial charge >= 0.3 is 6.18 Å². The van der Waals surface area contributed by atoms with E-state index in [4.69, 9.17) is 5.73 Å². The van der Waals surface area contributed by atoms with Gasteiger partial charge in [0, 0.05) is 12.1 Å². The van der Waals surface area contributed by atoms with E-state index < -0.39 is 24.0 Å². The van der Waals surface area contributed by atoms with Crippen molar-refractivity contribution in [3.63, 3.8) is 0 Å². The summed E-state index contributed by atoms with van der Waals surface area (Å²) in [6.07, 6.45) is -5.91. The molecule has 0 rings (SSSR count). The maximum Gasteiger partial charge on any atom is 0.397 e. The van der Waals surface area contributed by atoms with Gasteiger partial charge in [0.2, 0.25) is 5.91 Å². The van der Waals surface area contributed by atoms with E-state index in [0.717, 1.165) is 0 Å². The summed E-state index contributed by atoms with van der Waals surface area (Å²) in [7, 11) is 0. The Morgan fingerprint density at radius 2 is 1.85 bits per heavy atom. The van der Waals surface area contributed by atoms with Gasteiger partial charge in [0.15, 0.2) is 0 Å². The van der Waals surface area contributed by atoms with E-state index in [-0.39, 0.29) is 6.54 Å². The molecule has 6 heteroatoms. The molecular formula is C7H13F3N2O. The summed E-state index contributed by atoms with van der Waals surface area (Å²) < 4.78 is 34.9. The zero-order chi connectivity index (χ0) is 10.7. The predicted octanol–water partition coefficient (Wildman–Crippen LogP) is 0.792. The highest BCUT2D eigenvalue weighted by molar-refractivity contribution is 5.76. The van der Waals surface area contributed by atoms with Gasteiger partial charge in [-0.25, -0.2) is 0 Å². The molecule has 0 fully saturated rings. The number of rotatable bonds is 3. The molecule has 0 aliphatic carbocycles. The highest BCUT2D eigenvalue weighted by atomic mass is 19.4. The normalized spacial score (nSPS) is 12.8. The Morgan fingerprint density at radius 3 is 2.15 bits per heavy atom. The number of hydrogen-bond donors (Lipinski definition) is 2. The van der Waals surface area contributed by atoms with Gasteiger partial charge < -0.3 is 11.1 Å². The number of alkyl halides is 3. The second-order valence-corrected chi connectivity index (χ2v) is 3.56. The Morgan fingerprint density at radius 1 is 1.38 bits per heavy atom. The van der Waals surface area contributed by atoms with Crippen LogP contribution in [0.3, 0.4) is 0 Å². The van der Waals surface area contributed by atoms with Gasteiger partial charge in [-0.15, -0.1) is 0 Å². The molecule has 0 bridgehead atoms. The topological polar surface area (TPSA) is 55.1 Å². The summed E-state index contributed by atoms with van der Waals surface area (Å²) >= 11 is 0. The van der Waals surface area contributed by atoms with E-state index in [2.05, 4.69) is 5.32 Å². The number of nitrogens with two attached hydrogens (primary N) is 1. The molecule has 3 nitrogen and oxygen atoms in total. The van der Waals surface area contributed by atoms with Crippen molar-refractivity contribution in [2.45, 2.75) is 32.0 Å². The third kappa shape index (κ3) is 9.13. The largest absolute Gasteiger partial charge is 0.397 e. The number of halogens is 3. The summed E-state index contributed by atoms with van der Waals surface area (Å²) in [4.78, 5) is 10.6. The third-order valence-electron chi connectivity index (χ3n) is 1.10. The number of carbonyl (C=O) groups is 1. The summed E-state index contributed by atoms with van der Waals surface area (Å²) in [5.41, 5.74) is 4.76. The SMILES string of the molecule is CC(C)(N)CNC(=O)CC(F)(F)F. The van der Waals surface area contributed by atoms with Gasteiger partial charge in [-0.1, -0.05) is 0 Å². The molecule has 0 saturated heterocycles. The lowest BCUT2D eigenvalue weighted by Gasteiger charge is -2.19. The van der Waals surface area contributed by atoms with E-state index in [1.54, 1.807) is 13.8 Å². The van der Waals surface area contributed by atoms with Crippen LogP contribution >= 0.6 is 0 Å². The monoisotopic (exact) mass is 198 g/mol. The van der Waals surface area contributed by atoms with Crippen LogP contribution in [0.1, 0.15) is 20.3 Å². The fraction of sp³-hybridized carbons (Fsp3) is 0.857. The van der Waals surface area contributed by atoms with Gasteiger partial charge in [-0.2, -0.15) is 13.2 Å². The van der Waals surface area contributed by atoms with Crippen molar-refractivity contribution >= 4 is 5.91 Å². The molecule has 0 aromatic heterocycles. The summed E-state index contributed by atoms with van der Waals surface area (Å²) in [5.74, 6) is -1.05. The maximum atomic E-state index is 11.6. The molecule has 0 atom stereocenters. The molecule has 0 aromatic carbocycles. The number of hydrogen-bond acceptors (Lipinski definition) is 2. The van der Waals surface area contributed by atoms with Gasteiger partial charge in [0.25, 0.3) is 0 Å². The molecule has 1 amide bonds. The Bertz CT molecular complexity index is 183. The smallest absolute Gasteiger partial charge is 0.354 e. The lowest BCUT2D eigenvalue weighted by molar-refractivity contribution is -0.153. The predicted molar refractivity (Wildman–Crippen MR) is 41.9 cm³/mol. The van der Waals surface area contributed by atoms with Crippen molar-refractivity contribution in [2.75, 3.05) is 6.54 Å². The molecule has 13 heavy (non-hydrogen) atoms. The van der Waals surface area contributed by atoms with Crippen molar-refractivity contribution in [3.05, 3.63) is 0 Å². The van der Waals surface area contributed by atoms with Crippen molar-refractivity contribution in [1.82, 2.24) is 5.32 Å². The van der Waals surface area contributed by atoms with Gasteiger partial charge in [0.05, 0.1) is 0 Å². The van der Waals surface area contributed by atoms with Gasteiger partial charge in [-0.05, 0) is 13.8 Å². The van der Waals surface area contributed by atoms with Crippen LogP contribution in [-0.2, 0) is 4.79 Å². The molecule has 0 radical (unpaired) electrons. The van der Waals surface area contributed by atoms with Crippen molar-refractivity contribution in [2.24, 2.45) is 5.73 Å². The first kappa shape index (κ1) is 12.2. The van der Waals surface area contributed by atoms with Crippen LogP contribution in [0.2, 0.25) is 0 Å². The molecule has 0 aliphatic heterocycles. The summed E-state index contributed by atoms with van der Waals surface area (Å²) in [6, 6.07) is 0. The average molecular weight is 198 g/mol. The highest BCUT2D eigenvalue weighted by Crippen LogP contribution is 2.18. The van der Waals surface area contributed by atoms with Crippen LogP contribution in [0.5, 0.6) is 0 Å². The molecule has 0 aromatic rings. The lowest BCUT2D eigenvalue weighted by Crippen LogP contribution is -2.45. The van der Waals surface area contributed by atoms with Gasteiger partial charge in [0.1, 0.15) is 6.42 Å². The first-order valence-electron chi connectivity index (χ1n) is 3.72. The zero-order valence-corrected chi connectivity index (χ0v) is 7.53. The molecule has 0 spiro atoms. The molecule has 0 unspecified atom stereocenters. The van der Waals surface area contributed by atoms with Crippen molar-refractivity contribution < 1.29 is 18.0 Å². The fourth-order valence-electron chi connectivity index (χ4n) is 0.571. The molecule has 0 heterocycles. The van der Waals surface area contributed by atoms with E-state index in [1.807, 2.05) is 0 Å². The van der Waals surface area contributed by atoms with Crippen LogP contribution in [0.25, 0.3) is 0 Å². The average Bonchev–Trinajstić information content (AvgIpc) is 1.78. The number of carbonyl (C=O) groups excluding carboxylic acids is 1. The minimum Gasteiger partial charge on any atom is -0.354 e. The maximum absolute atomic E-state index is 11.6. The minimum atomic E-state index is -4.46. The number of nitrogens with one attached hydrogen (secondary N) is 1. The highest BCUT2D eigenvalue weighted by Gasteiger charge is 2.31. The fourth-order valence-corrected chi connectivity index (χ4v) is 0.571. The zero-order valence-electron chi connectivity index (χ0n) is 7.53. The van der Waals surface area contributed by atoms with E-state index in [1.165, 1.54) is 0 Å². The minimum absolute atomic E-state index is 0.0297. The first-order valence-corrected chi connectivity index (χ1v) is 3.72. The molecule has 0 aliphatic rings. The molecule has 0 saturated carbocycles. The second kappa shape index (κ2) is 3.95. The summed E-state index contributed by atoms with van der Waals surface area (Å²) in [5, 5.41) is 2.10. The Hall–Kier alpha value is -0.780. The van der Waals surface area contributed by atoms with Crippen LogP contribution < -0.4 is 11.1 Å². The van der Waals surface area contributed by atoms with E-state index >= 15 is 0 Å². The molecular weight excluding hydrogens is 185 g/mol. The van der Waals surface area contributed by atoms with Crippen molar-refractivity contribution in [3.8, 4) is 0 Å². The molecule has 3 N–H and O–H groups in total. The quantitative estimate of drug-likeness (QED) is 0.704. The van der Waals surface area contributed by atoms with Crippen LogP contribution in [0.4, 0.5) is 13.2 Å².